The minimum Gasteiger partial charge on any atom is -0.399 e. The number of nitrogens with zero attached hydrogens (tertiary/aromatic N) is 2. The van der Waals surface area contributed by atoms with Crippen molar-refractivity contribution < 1.29 is 8.42 Å². The van der Waals surface area contributed by atoms with Gasteiger partial charge in [-0.2, -0.15) is 0 Å². The van der Waals surface area contributed by atoms with Gasteiger partial charge in [-0.15, -0.1) is 0 Å². The van der Waals surface area contributed by atoms with Crippen molar-refractivity contribution in [1.82, 2.24) is 9.21 Å². The summed E-state index contributed by atoms with van der Waals surface area (Å²) in [6.45, 7) is 3.08. The normalized spacial score (nSPS) is 20.8. The Labute approximate surface area is 127 Å². The van der Waals surface area contributed by atoms with Crippen LogP contribution in [0.25, 0.3) is 0 Å². The van der Waals surface area contributed by atoms with Gasteiger partial charge in [-0.1, -0.05) is 12.1 Å². The number of hydrogen-bond donors (Lipinski definition) is 1. The van der Waals surface area contributed by atoms with E-state index in [4.69, 9.17) is 5.73 Å². The van der Waals surface area contributed by atoms with E-state index in [0.29, 0.717) is 19.0 Å². The minimum absolute atomic E-state index is 0.409. The van der Waals surface area contributed by atoms with Crippen LogP contribution in [0.3, 0.4) is 0 Å². The molecule has 118 valence electrons. The summed E-state index contributed by atoms with van der Waals surface area (Å²) in [6.07, 6.45) is 3.35. The third-order valence-corrected chi connectivity index (χ3v) is 5.22. The number of anilines is 1. The molecule has 1 aliphatic rings. The van der Waals surface area contributed by atoms with E-state index in [1.165, 1.54) is 11.8 Å². The first-order valence-corrected chi connectivity index (χ1v) is 9.17. The van der Waals surface area contributed by atoms with Crippen LogP contribution in [-0.4, -0.2) is 50.6 Å². The van der Waals surface area contributed by atoms with Gasteiger partial charge in [0, 0.05) is 31.9 Å². The molecule has 5 nitrogen and oxygen atoms in total. The van der Waals surface area contributed by atoms with Crippen molar-refractivity contribution in [3.63, 3.8) is 0 Å². The third-order valence-electron chi connectivity index (χ3n) is 3.95. The average molecular weight is 311 g/mol. The van der Waals surface area contributed by atoms with Crippen LogP contribution in [0.4, 0.5) is 5.69 Å². The fourth-order valence-corrected chi connectivity index (χ4v) is 3.86. The summed E-state index contributed by atoms with van der Waals surface area (Å²) in [6, 6.07) is 7.90. The fourth-order valence-electron chi connectivity index (χ4n) is 2.92. The zero-order valence-electron chi connectivity index (χ0n) is 12.8. The van der Waals surface area contributed by atoms with Crippen LogP contribution >= 0.6 is 0 Å². The summed E-state index contributed by atoms with van der Waals surface area (Å²) in [5.74, 6) is 0.409. The molecule has 0 aliphatic carbocycles. The number of piperidine rings is 1. The topological polar surface area (TPSA) is 66.6 Å². The lowest BCUT2D eigenvalue weighted by Gasteiger charge is -2.33. The standard InChI is InChI=1S/C15H25N3O2S/c1-17(10-13-5-7-15(16)8-6-13)11-14-4-3-9-18(12-14)21(2,19)20/h5-8,14H,3-4,9-12,16H2,1-2H3. The van der Waals surface area contributed by atoms with Crippen molar-refractivity contribution in [2.75, 3.05) is 38.7 Å². The van der Waals surface area contributed by atoms with Crippen LogP contribution in [0.15, 0.2) is 24.3 Å². The van der Waals surface area contributed by atoms with Crippen molar-refractivity contribution in [3.05, 3.63) is 29.8 Å². The Kier molecular flexibility index (Phi) is 5.24. The van der Waals surface area contributed by atoms with Crippen molar-refractivity contribution in [2.24, 2.45) is 5.92 Å². The van der Waals surface area contributed by atoms with Gasteiger partial charge in [-0.05, 0) is 43.5 Å². The van der Waals surface area contributed by atoms with Gasteiger partial charge in [0.2, 0.25) is 10.0 Å². The SMILES string of the molecule is CN(Cc1ccc(N)cc1)CC1CCCN(S(C)(=O)=O)C1. The first-order valence-electron chi connectivity index (χ1n) is 7.32. The Hall–Kier alpha value is -1.11. The Balaban J connectivity index is 1.87. The molecule has 1 unspecified atom stereocenters. The molecular formula is C15H25N3O2S. The quantitative estimate of drug-likeness (QED) is 0.834. The van der Waals surface area contributed by atoms with Gasteiger partial charge in [-0.25, -0.2) is 12.7 Å². The van der Waals surface area contributed by atoms with E-state index in [0.717, 1.165) is 31.6 Å². The fraction of sp³-hybridized carbons (Fsp3) is 0.600. The molecule has 6 heteroatoms. The minimum atomic E-state index is -3.06. The molecule has 0 aromatic heterocycles. The third kappa shape index (κ3) is 4.98. The maximum absolute atomic E-state index is 11.6. The van der Waals surface area contributed by atoms with E-state index in [1.807, 2.05) is 24.3 Å². The number of nitrogens with two attached hydrogens (primary N) is 1. The Morgan fingerprint density at radius 1 is 1.33 bits per heavy atom. The second-order valence-electron chi connectivity index (χ2n) is 6.07. The molecule has 0 radical (unpaired) electrons. The second kappa shape index (κ2) is 6.77. The maximum Gasteiger partial charge on any atom is 0.211 e. The van der Waals surface area contributed by atoms with Gasteiger partial charge in [0.25, 0.3) is 0 Å². The van der Waals surface area contributed by atoms with Crippen molar-refractivity contribution >= 4 is 15.7 Å². The van der Waals surface area contributed by atoms with Crippen LogP contribution < -0.4 is 5.73 Å². The summed E-state index contributed by atoms with van der Waals surface area (Å²) in [7, 11) is -0.978. The molecule has 1 aromatic rings. The zero-order valence-corrected chi connectivity index (χ0v) is 13.6. The average Bonchev–Trinajstić information content (AvgIpc) is 2.41. The predicted octanol–water partition coefficient (Wildman–Crippen LogP) is 1.37. The highest BCUT2D eigenvalue weighted by atomic mass is 32.2. The molecule has 1 aliphatic heterocycles. The van der Waals surface area contributed by atoms with E-state index < -0.39 is 10.0 Å². The van der Waals surface area contributed by atoms with Gasteiger partial charge in [0.15, 0.2) is 0 Å². The molecular weight excluding hydrogens is 286 g/mol. The van der Waals surface area contributed by atoms with Crippen molar-refractivity contribution in [1.29, 1.82) is 0 Å². The summed E-state index contributed by atoms with van der Waals surface area (Å²) in [4.78, 5) is 2.25. The van der Waals surface area contributed by atoms with E-state index >= 15 is 0 Å². The lowest BCUT2D eigenvalue weighted by Crippen LogP contribution is -2.42. The smallest absolute Gasteiger partial charge is 0.211 e. The van der Waals surface area contributed by atoms with E-state index in [9.17, 15) is 8.42 Å². The van der Waals surface area contributed by atoms with E-state index in [2.05, 4.69) is 11.9 Å². The number of sulfonamides is 1. The first kappa shape index (κ1) is 16.3. The van der Waals surface area contributed by atoms with Crippen LogP contribution in [0.5, 0.6) is 0 Å². The molecule has 1 aromatic carbocycles. The largest absolute Gasteiger partial charge is 0.399 e. The summed E-state index contributed by atoms with van der Waals surface area (Å²) < 4.78 is 24.9. The van der Waals surface area contributed by atoms with Gasteiger partial charge in [0.1, 0.15) is 0 Å². The number of rotatable bonds is 5. The van der Waals surface area contributed by atoms with Crippen LogP contribution in [-0.2, 0) is 16.6 Å². The lowest BCUT2D eigenvalue weighted by atomic mass is 9.99. The molecule has 1 saturated heterocycles. The van der Waals surface area contributed by atoms with Crippen LogP contribution in [0, 0.1) is 5.92 Å². The Morgan fingerprint density at radius 3 is 2.62 bits per heavy atom. The Bertz CT molecular complexity index is 557. The molecule has 0 saturated carbocycles. The van der Waals surface area contributed by atoms with E-state index in [-0.39, 0.29) is 0 Å². The van der Waals surface area contributed by atoms with Crippen molar-refractivity contribution in [3.8, 4) is 0 Å². The monoisotopic (exact) mass is 311 g/mol. The van der Waals surface area contributed by atoms with Gasteiger partial charge in [-0.3, -0.25) is 0 Å². The number of hydrogen-bond acceptors (Lipinski definition) is 4. The molecule has 1 fully saturated rings. The van der Waals surface area contributed by atoms with Crippen molar-refractivity contribution in [2.45, 2.75) is 19.4 Å². The highest BCUT2D eigenvalue weighted by molar-refractivity contribution is 7.88. The van der Waals surface area contributed by atoms with Gasteiger partial charge in [0.05, 0.1) is 6.26 Å². The molecule has 2 rings (SSSR count). The van der Waals surface area contributed by atoms with E-state index in [1.54, 1.807) is 4.31 Å². The number of nitrogen functional groups attached to an aromatic ring is 1. The summed E-state index contributed by atoms with van der Waals surface area (Å²) in [5.41, 5.74) is 7.69. The zero-order chi connectivity index (χ0) is 15.5. The van der Waals surface area contributed by atoms with Crippen LogP contribution in [0.1, 0.15) is 18.4 Å². The second-order valence-corrected chi connectivity index (χ2v) is 8.05. The van der Waals surface area contributed by atoms with Gasteiger partial charge < -0.3 is 10.6 Å². The van der Waals surface area contributed by atoms with Gasteiger partial charge >= 0.3 is 0 Å². The van der Waals surface area contributed by atoms with Crippen LogP contribution in [0.2, 0.25) is 0 Å². The molecule has 21 heavy (non-hydrogen) atoms. The molecule has 1 heterocycles. The number of benzene rings is 1. The highest BCUT2D eigenvalue weighted by Crippen LogP contribution is 2.20. The maximum atomic E-state index is 11.6. The molecule has 0 spiro atoms. The lowest BCUT2D eigenvalue weighted by molar-refractivity contribution is 0.197. The predicted molar refractivity (Wildman–Crippen MR) is 86.3 cm³/mol. The highest BCUT2D eigenvalue weighted by Gasteiger charge is 2.26. The molecule has 0 bridgehead atoms. The molecule has 2 N–H and O–H groups in total. The summed E-state index contributed by atoms with van der Waals surface area (Å²) >= 11 is 0. The summed E-state index contributed by atoms with van der Waals surface area (Å²) in [5, 5.41) is 0. The molecule has 0 amide bonds. The first-order chi connectivity index (χ1) is 9.84. The Morgan fingerprint density at radius 2 is 2.00 bits per heavy atom. The molecule has 1 atom stereocenters.